The molecule has 1 heterocycles. The molecule has 1 saturated heterocycles. The molecular formula is C14H13F3O6. The minimum absolute atomic E-state index is 0.349. The highest BCUT2D eigenvalue weighted by atomic mass is 19.4. The van der Waals surface area contributed by atoms with Gasteiger partial charge in [-0.25, -0.2) is 4.79 Å². The number of carbonyl (C=O) groups excluding carboxylic acids is 3. The van der Waals surface area contributed by atoms with E-state index in [2.05, 4.69) is 11.3 Å². The van der Waals surface area contributed by atoms with E-state index in [1.54, 1.807) is 0 Å². The van der Waals surface area contributed by atoms with Crippen LogP contribution >= 0.6 is 0 Å². The average molecular weight is 334 g/mol. The fourth-order valence-corrected chi connectivity index (χ4v) is 3.90. The van der Waals surface area contributed by atoms with E-state index < -0.39 is 60.7 Å². The Balaban J connectivity index is 1.78. The Morgan fingerprint density at radius 2 is 2.04 bits per heavy atom. The molecule has 1 aliphatic heterocycles. The van der Waals surface area contributed by atoms with E-state index in [4.69, 9.17) is 9.47 Å². The first-order valence-electron chi connectivity index (χ1n) is 7.00. The fraction of sp³-hybridized carbons (Fsp3) is 0.643. The van der Waals surface area contributed by atoms with Gasteiger partial charge in [-0.2, -0.15) is 13.2 Å². The Morgan fingerprint density at radius 1 is 1.35 bits per heavy atom. The minimum atomic E-state index is -4.65. The topological polar surface area (TPSA) is 78.9 Å². The highest BCUT2D eigenvalue weighted by molar-refractivity contribution is 5.87. The zero-order valence-corrected chi connectivity index (χ0v) is 11.7. The summed E-state index contributed by atoms with van der Waals surface area (Å²) in [6.45, 7) is 1.53. The lowest BCUT2D eigenvalue weighted by atomic mass is 9.78. The quantitative estimate of drug-likeness (QED) is 0.433. The summed E-state index contributed by atoms with van der Waals surface area (Å²) in [4.78, 5) is 35.3. The number of halogens is 3. The van der Waals surface area contributed by atoms with Crippen molar-refractivity contribution in [2.45, 2.75) is 24.8 Å². The molecule has 3 fully saturated rings. The third-order valence-electron chi connectivity index (χ3n) is 4.62. The number of rotatable bonds is 4. The van der Waals surface area contributed by atoms with Crippen LogP contribution in [0.4, 0.5) is 13.2 Å². The lowest BCUT2D eigenvalue weighted by Crippen LogP contribution is -2.44. The van der Waals surface area contributed by atoms with Gasteiger partial charge in [0.15, 0.2) is 6.61 Å². The van der Waals surface area contributed by atoms with Crippen LogP contribution in [0.15, 0.2) is 12.7 Å². The number of carbonyl (C=O) groups is 3. The maximum Gasteiger partial charge on any atom is 0.422 e. The molecule has 0 N–H and O–H groups in total. The van der Waals surface area contributed by atoms with Crippen LogP contribution in [-0.4, -0.2) is 42.9 Å². The van der Waals surface area contributed by atoms with Crippen LogP contribution in [0.5, 0.6) is 0 Å². The lowest BCUT2D eigenvalue weighted by molar-refractivity contribution is -0.192. The zero-order valence-electron chi connectivity index (χ0n) is 11.7. The molecule has 3 aliphatic rings. The predicted molar refractivity (Wildman–Crippen MR) is 65.5 cm³/mol. The summed E-state index contributed by atoms with van der Waals surface area (Å²) in [6.07, 6.45) is -4.88. The van der Waals surface area contributed by atoms with E-state index in [1.165, 1.54) is 0 Å². The van der Waals surface area contributed by atoms with E-state index in [0.29, 0.717) is 6.42 Å². The van der Waals surface area contributed by atoms with Gasteiger partial charge in [0.2, 0.25) is 0 Å². The number of hydrogen-bond donors (Lipinski definition) is 0. The number of hydrogen-bond acceptors (Lipinski definition) is 6. The number of esters is 3. The zero-order chi connectivity index (χ0) is 16.9. The highest BCUT2D eigenvalue weighted by Crippen LogP contribution is 2.59. The van der Waals surface area contributed by atoms with Crippen molar-refractivity contribution < 1.29 is 41.8 Å². The van der Waals surface area contributed by atoms with Crippen molar-refractivity contribution in [3.63, 3.8) is 0 Å². The van der Waals surface area contributed by atoms with Crippen molar-refractivity contribution in [3.05, 3.63) is 12.7 Å². The molecule has 6 unspecified atom stereocenters. The van der Waals surface area contributed by atoms with Crippen molar-refractivity contribution in [2.75, 3.05) is 6.61 Å². The predicted octanol–water partition coefficient (Wildman–Crippen LogP) is 0.997. The molecule has 0 aromatic carbocycles. The smallest absolute Gasteiger partial charge is 0.422 e. The van der Waals surface area contributed by atoms with Gasteiger partial charge in [0.1, 0.15) is 12.2 Å². The highest BCUT2D eigenvalue weighted by Gasteiger charge is 2.70. The van der Waals surface area contributed by atoms with Crippen molar-refractivity contribution in [2.24, 2.45) is 23.7 Å². The van der Waals surface area contributed by atoms with Crippen LogP contribution < -0.4 is 0 Å². The Bertz CT molecular complexity index is 571. The monoisotopic (exact) mass is 334 g/mol. The Hall–Kier alpha value is -2.06. The molecule has 3 rings (SSSR count). The third kappa shape index (κ3) is 2.57. The summed E-state index contributed by atoms with van der Waals surface area (Å²) >= 11 is 0. The summed E-state index contributed by atoms with van der Waals surface area (Å²) in [5, 5.41) is 0. The minimum Gasteiger partial charge on any atom is -0.458 e. The molecule has 23 heavy (non-hydrogen) atoms. The van der Waals surface area contributed by atoms with Gasteiger partial charge in [0, 0.05) is 17.9 Å². The van der Waals surface area contributed by atoms with Gasteiger partial charge in [0.25, 0.3) is 0 Å². The second kappa shape index (κ2) is 5.24. The maximum atomic E-state index is 12.2. The SMILES string of the molecule is C=CC(=O)OC1C2CC3C1OC(=O)C3C2C(=O)OCC(F)(F)F. The van der Waals surface area contributed by atoms with Crippen molar-refractivity contribution in [1.82, 2.24) is 0 Å². The van der Waals surface area contributed by atoms with Gasteiger partial charge < -0.3 is 14.2 Å². The Labute approximate surface area is 128 Å². The van der Waals surface area contributed by atoms with E-state index >= 15 is 0 Å². The first-order chi connectivity index (χ1) is 10.7. The number of fused-ring (bicyclic) bond motifs is 1. The van der Waals surface area contributed by atoms with Gasteiger partial charge in [-0.3, -0.25) is 9.59 Å². The van der Waals surface area contributed by atoms with E-state index in [9.17, 15) is 27.6 Å². The van der Waals surface area contributed by atoms with Gasteiger partial charge in [-0.15, -0.1) is 0 Å². The summed E-state index contributed by atoms with van der Waals surface area (Å²) < 4.78 is 51.2. The summed E-state index contributed by atoms with van der Waals surface area (Å²) in [6, 6.07) is 0. The van der Waals surface area contributed by atoms with Crippen molar-refractivity contribution >= 4 is 17.9 Å². The molecule has 2 saturated carbocycles. The molecule has 0 spiro atoms. The average Bonchev–Trinajstić information content (AvgIpc) is 3.07. The van der Waals surface area contributed by atoms with E-state index in [-0.39, 0.29) is 5.92 Å². The molecule has 0 aromatic rings. The van der Waals surface area contributed by atoms with Gasteiger partial charge in [-0.1, -0.05) is 6.58 Å². The van der Waals surface area contributed by atoms with Crippen LogP contribution in [0, 0.1) is 23.7 Å². The van der Waals surface area contributed by atoms with Crippen LogP contribution in [0.25, 0.3) is 0 Å². The van der Waals surface area contributed by atoms with Crippen LogP contribution in [0.3, 0.4) is 0 Å². The maximum absolute atomic E-state index is 12.2. The van der Waals surface area contributed by atoms with Crippen molar-refractivity contribution in [3.8, 4) is 0 Å². The normalized spacial score (nSPS) is 37.4. The van der Waals surface area contributed by atoms with Gasteiger partial charge in [0.05, 0.1) is 11.8 Å². The summed E-state index contributed by atoms with van der Waals surface area (Å²) in [7, 11) is 0. The molecule has 9 heteroatoms. The van der Waals surface area contributed by atoms with Gasteiger partial charge >= 0.3 is 24.1 Å². The number of ether oxygens (including phenoxy) is 3. The Morgan fingerprint density at radius 3 is 2.65 bits per heavy atom. The standard InChI is InChI=1S/C14H13F3O6/c1-2-7(18)22-10-5-3-6-9(13(20)23-11(6)10)8(5)12(19)21-4-14(15,16)17/h2,5-6,8-11H,1,3-4H2. The molecule has 2 bridgehead atoms. The number of alkyl halides is 3. The molecule has 6 atom stereocenters. The lowest BCUT2D eigenvalue weighted by Gasteiger charge is -2.29. The second-order valence-electron chi connectivity index (χ2n) is 5.84. The van der Waals surface area contributed by atoms with Crippen LogP contribution in [0.2, 0.25) is 0 Å². The molecule has 6 nitrogen and oxygen atoms in total. The molecule has 126 valence electrons. The molecule has 0 aromatic heterocycles. The summed E-state index contributed by atoms with van der Waals surface area (Å²) in [5.74, 6) is -5.37. The van der Waals surface area contributed by atoms with Gasteiger partial charge in [-0.05, 0) is 6.42 Å². The van der Waals surface area contributed by atoms with Crippen molar-refractivity contribution in [1.29, 1.82) is 0 Å². The summed E-state index contributed by atoms with van der Waals surface area (Å²) in [5.41, 5.74) is 0. The first kappa shape index (κ1) is 15.8. The molecule has 0 amide bonds. The molecular weight excluding hydrogens is 321 g/mol. The van der Waals surface area contributed by atoms with Crippen LogP contribution in [-0.2, 0) is 28.6 Å². The molecule has 0 radical (unpaired) electrons. The van der Waals surface area contributed by atoms with E-state index in [0.717, 1.165) is 6.08 Å². The second-order valence-corrected chi connectivity index (χ2v) is 5.84. The molecule has 2 aliphatic carbocycles. The first-order valence-corrected chi connectivity index (χ1v) is 7.00. The largest absolute Gasteiger partial charge is 0.458 e. The van der Waals surface area contributed by atoms with E-state index in [1.807, 2.05) is 0 Å². The van der Waals surface area contributed by atoms with Crippen LogP contribution in [0.1, 0.15) is 6.42 Å². The fourth-order valence-electron chi connectivity index (χ4n) is 3.90. The Kier molecular flexibility index (Phi) is 3.61. The third-order valence-corrected chi connectivity index (χ3v) is 4.62.